The highest BCUT2D eigenvalue weighted by atomic mass is 16.6. The molecule has 2 aliphatic heterocycles. The fourth-order valence-corrected chi connectivity index (χ4v) is 2.19. The third kappa shape index (κ3) is 0.843. The van der Waals surface area contributed by atoms with Crippen LogP contribution in [0.3, 0.4) is 0 Å². The topological polar surface area (TPSA) is 38.8 Å². The van der Waals surface area contributed by atoms with Crippen LogP contribution in [0.15, 0.2) is 0 Å². The van der Waals surface area contributed by atoms with Gasteiger partial charge in [-0.25, -0.2) is 4.79 Å². The van der Waals surface area contributed by atoms with Gasteiger partial charge in [0, 0.05) is 19.1 Å². The summed E-state index contributed by atoms with van der Waals surface area (Å²) < 4.78 is 9.90. The van der Waals surface area contributed by atoms with Crippen molar-refractivity contribution in [3.63, 3.8) is 0 Å². The Kier molecular flexibility index (Phi) is 1.72. The van der Waals surface area contributed by atoms with E-state index in [4.69, 9.17) is 4.74 Å². The first-order valence-electron chi connectivity index (χ1n) is 4.17. The minimum absolute atomic E-state index is 0.0394. The number of carbonyl (C=O) groups is 1. The van der Waals surface area contributed by atoms with Crippen LogP contribution in [-0.4, -0.2) is 37.5 Å². The lowest BCUT2D eigenvalue weighted by atomic mass is 9.85. The fraction of sp³-hybridized carbons (Fsp3) is 0.875. The molecule has 0 aromatic heterocycles. The summed E-state index contributed by atoms with van der Waals surface area (Å²) in [7, 11) is 3.05. The van der Waals surface area contributed by atoms with E-state index in [-0.39, 0.29) is 12.3 Å². The second kappa shape index (κ2) is 2.62. The Hall–Kier alpha value is -0.770. The molecule has 3 rings (SSSR count). The molecule has 3 aliphatic rings. The maximum atomic E-state index is 11.2. The lowest BCUT2D eigenvalue weighted by Gasteiger charge is -2.23. The Morgan fingerprint density at radius 2 is 2.08 bits per heavy atom. The summed E-state index contributed by atoms with van der Waals surface area (Å²) in [6, 6.07) is 0.368. The molecule has 0 N–H and O–H groups in total. The summed E-state index contributed by atoms with van der Waals surface area (Å²) in [5.41, 5.74) is 0. The van der Waals surface area contributed by atoms with Crippen LogP contribution in [0.25, 0.3) is 0 Å². The first-order valence-corrected chi connectivity index (χ1v) is 4.17. The van der Waals surface area contributed by atoms with Crippen molar-refractivity contribution < 1.29 is 14.3 Å². The van der Waals surface area contributed by atoms with Crippen molar-refractivity contribution in [3.05, 3.63) is 0 Å². The molecule has 0 unspecified atom stereocenters. The van der Waals surface area contributed by atoms with Crippen LogP contribution in [0.5, 0.6) is 0 Å². The predicted molar refractivity (Wildman–Crippen MR) is 41.6 cm³/mol. The normalized spacial score (nSPS) is 37.8. The predicted octanol–water partition coefficient (Wildman–Crippen LogP) is 0.819. The number of methoxy groups -OCH3 is 2. The number of nitrogens with zero attached hydrogens (tertiary/aromatic N) is 1. The molecule has 0 radical (unpaired) electrons. The van der Waals surface area contributed by atoms with E-state index in [0.29, 0.717) is 12.0 Å². The van der Waals surface area contributed by atoms with Crippen LogP contribution in [-0.2, 0) is 9.47 Å². The second-order valence-corrected chi connectivity index (χ2v) is 3.39. The van der Waals surface area contributed by atoms with Crippen LogP contribution in [0.1, 0.15) is 12.8 Å². The second-order valence-electron chi connectivity index (χ2n) is 3.39. The van der Waals surface area contributed by atoms with Crippen LogP contribution >= 0.6 is 0 Å². The van der Waals surface area contributed by atoms with E-state index in [2.05, 4.69) is 4.74 Å². The number of ether oxygens (including phenoxy) is 2. The molecule has 68 valence electrons. The van der Waals surface area contributed by atoms with Crippen molar-refractivity contribution in [1.82, 2.24) is 4.90 Å². The summed E-state index contributed by atoms with van der Waals surface area (Å²) >= 11 is 0. The molecule has 0 aromatic rings. The summed E-state index contributed by atoms with van der Waals surface area (Å²) in [6.45, 7) is 0. The molecule has 2 saturated heterocycles. The molecule has 1 atom stereocenters. The molecular formula is C8H13NO3. The largest absolute Gasteiger partial charge is 0.453 e. The molecule has 2 heterocycles. The molecule has 1 aliphatic carbocycles. The van der Waals surface area contributed by atoms with Crippen LogP contribution in [0, 0.1) is 5.92 Å². The number of amides is 1. The summed E-state index contributed by atoms with van der Waals surface area (Å²) in [4.78, 5) is 13.0. The van der Waals surface area contributed by atoms with E-state index in [1.54, 1.807) is 12.0 Å². The van der Waals surface area contributed by atoms with E-state index in [0.717, 1.165) is 12.8 Å². The highest BCUT2D eigenvalue weighted by molar-refractivity contribution is 5.69. The molecule has 4 nitrogen and oxygen atoms in total. The minimum atomic E-state index is -0.258. The maximum Gasteiger partial charge on any atom is 0.411 e. The fourth-order valence-electron chi connectivity index (χ4n) is 2.19. The van der Waals surface area contributed by atoms with Crippen molar-refractivity contribution in [3.8, 4) is 0 Å². The lowest BCUT2D eigenvalue weighted by Crippen LogP contribution is -2.38. The number of fused-ring (bicyclic) bond motifs is 1. The quantitative estimate of drug-likeness (QED) is 0.586. The van der Waals surface area contributed by atoms with E-state index in [9.17, 15) is 4.79 Å². The molecule has 12 heavy (non-hydrogen) atoms. The number of rotatable bonds is 1. The minimum Gasteiger partial charge on any atom is -0.453 e. The van der Waals surface area contributed by atoms with Crippen molar-refractivity contribution in [2.75, 3.05) is 14.2 Å². The molecular weight excluding hydrogens is 158 g/mol. The Morgan fingerprint density at radius 3 is 2.58 bits per heavy atom. The Labute approximate surface area is 71.4 Å². The molecule has 1 amide bonds. The van der Waals surface area contributed by atoms with E-state index in [1.807, 2.05) is 0 Å². The molecule has 0 spiro atoms. The van der Waals surface area contributed by atoms with E-state index in [1.165, 1.54) is 7.11 Å². The van der Waals surface area contributed by atoms with Crippen LogP contribution in [0.2, 0.25) is 0 Å². The van der Waals surface area contributed by atoms with Gasteiger partial charge in [-0.1, -0.05) is 0 Å². The van der Waals surface area contributed by atoms with E-state index >= 15 is 0 Å². The maximum absolute atomic E-state index is 11.2. The van der Waals surface area contributed by atoms with Gasteiger partial charge in [-0.2, -0.15) is 0 Å². The van der Waals surface area contributed by atoms with Gasteiger partial charge in [0.2, 0.25) is 0 Å². The van der Waals surface area contributed by atoms with Gasteiger partial charge < -0.3 is 9.47 Å². The zero-order chi connectivity index (χ0) is 8.72. The highest BCUT2D eigenvalue weighted by Crippen LogP contribution is 2.46. The molecule has 0 aromatic carbocycles. The number of carbonyl (C=O) groups excluding carboxylic acids is 1. The van der Waals surface area contributed by atoms with Gasteiger partial charge in [0.15, 0.2) is 0 Å². The lowest BCUT2D eigenvalue weighted by molar-refractivity contribution is -0.00526. The van der Waals surface area contributed by atoms with Crippen LogP contribution < -0.4 is 0 Å². The Morgan fingerprint density at radius 1 is 1.42 bits per heavy atom. The monoisotopic (exact) mass is 171 g/mol. The summed E-state index contributed by atoms with van der Waals surface area (Å²) in [5, 5.41) is 0. The number of hydrogen-bond acceptors (Lipinski definition) is 3. The summed E-state index contributed by atoms with van der Waals surface area (Å²) in [5.74, 6) is 0.541. The zero-order valence-electron chi connectivity index (χ0n) is 7.32. The third-order valence-electron chi connectivity index (χ3n) is 2.85. The van der Waals surface area contributed by atoms with Gasteiger partial charge in [0.25, 0.3) is 0 Å². The van der Waals surface area contributed by atoms with Gasteiger partial charge >= 0.3 is 6.09 Å². The Balaban J connectivity index is 2.09. The first-order chi connectivity index (χ1) is 5.77. The van der Waals surface area contributed by atoms with Crippen molar-refractivity contribution in [1.29, 1.82) is 0 Å². The van der Waals surface area contributed by atoms with Gasteiger partial charge in [0.1, 0.15) is 6.23 Å². The first kappa shape index (κ1) is 7.86. The smallest absolute Gasteiger partial charge is 0.411 e. The standard InChI is InChI=1S/C8H13NO3/c1-11-7-5-3-6(4-5)9(7)8(10)12-2/h5-7H,3-4H2,1-2H3/t5?,6?,7-/m1/s1. The molecule has 2 bridgehead atoms. The van der Waals surface area contributed by atoms with Gasteiger partial charge in [-0.15, -0.1) is 0 Å². The zero-order valence-corrected chi connectivity index (χ0v) is 7.32. The average Bonchev–Trinajstić information content (AvgIpc) is 2.53. The van der Waals surface area contributed by atoms with Crippen molar-refractivity contribution >= 4 is 6.09 Å². The number of hydrogen-bond donors (Lipinski definition) is 0. The van der Waals surface area contributed by atoms with Crippen LogP contribution in [0.4, 0.5) is 4.79 Å². The van der Waals surface area contributed by atoms with Gasteiger partial charge in [-0.05, 0) is 12.8 Å². The Bertz CT molecular complexity index is 200. The van der Waals surface area contributed by atoms with E-state index < -0.39 is 0 Å². The average molecular weight is 171 g/mol. The third-order valence-corrected chi connectivity index (χ3v) is 2.85. The van der Waals surface area contributed by atoms with Gasteiger partial charge in [0.05, 0.1) is 7.11 Å². The SMILES string of the molecule is COC(=O)N1C2CC(C2)[C@H]1OC. The highest BCUT2D eigenvalue weighted by Gasteiger charge is 2.53. The molecule has 3 fully saturated rings. The van der Waals surface area contributed by atoms with Gasteiger partial charge in [-0.3, -0.25) is 4.90 Å². The van der Waals surface area contributed by atoms with Crippen molar-refractivity contribution in [2.24, 2.45) is 5.92 Å². The van der Waals surface area contributed by atoms with Crippen molar-refractivity contribution in [2.45, 2.75) is 25.1 Å². The summed E-state index contributed by atoms with van der Waals surface area (Å²) in [6.07, 6.45) is 1.86. The molecule has 1 saturated carbocycles. The molecule has 4 heteroatoms.